The monoisotopic (exact) mass is 365 g/mol. The lowest BCUT2D eigenvalue weighted by atomic mass is 9.96. The van der Waals surface area contributed by atoms with Gasteiger partial charge in [0, 0.05) is 18.3 Å². The summed E-state index contributed by atoms with van der Waals surface area (Å²) in [7, 11) is 4.17. The largest absolute Gasteiger partial charge is 0.344 e. The van der Waals surface area contributed by atoms with Crippen LogP contribution < -0.4 is 0 Å². The highest BCUT2D eigenvalue weighted by Crippen LogP contribution is 2.36. The van der Waals surface area contributed by atoms with E-state index in [1.54, 1.807) is 6.07 Å². The predicted octanol–water partition coefficient (Wildman–Crippen LogP) is 4.58. The first-order valence-electron chi connectivity index (χ1n) is 9.01. The summed E-state index contributed by atoms with van der Waals surface area (Å²) in [5.74, 6) is 0. The summed E-state index contributed by atoms with van der Waals surface area (Å²) in [6, 6.07) is 5.55. The minimum atomic E-state index is -0.217. The Morgan fingerprint density at radius 3 is 2.56 bits per heavy atom. The summed E-state index contributed by atoms with van der Waals surface area (Å²) in [6.07, 6.45) is 7.89. The van der Waals surface area contributed by atoms with Crippen LogP contribution in [-0.4, -0.2) is 35.0 Å². The van der Waals surface area contributed by atoms with Gasteiger partial charge in [-0.05, 0) is 64.4 Å². The van der Waals surface area contributed by atoms with Crippen LogP contribution in [-0.2, 0) is 19.4 Å². The molecular weight excluding hydrogens is 338 g/mol. The lowest BCUT2D eigenvalue weighted by molar-refractivity contribution is -0.383. The van der Waals surface area contributed by atoms with Crippen molar-refractivity contribution in [3.63, 3.8) is 0 Å². The van der Waals surface area contributed by atoms with Crippen molar-refractivity contribution in [2.45, 2.75) is 51.5 Å². The number of hydrogen-bond acceptors (Lipinski definition) is 3. The zero-order valence-corrected chi connectivity index (χ0v) is 16.0. The van der Waals surface area contributed by atoms with Gasteiger partial charge in [0.15, 0.2) is 0 Å². The van der Waals surface area contributed by atoms with Crippen molar-refractivity contribution in [3.8, 4) is 0 Å². The molecule has 0 radical (unpaired) electrons. The summed E-state index contributed by atoms with van der Waals surface area (Å²) in [5.41, 5.74) is 3.91. The van der Waals surface area contributed by atoms with Gasteiger partial charge in [-0.15, -0.1) is 12.4 Å². The quantitative estimate of drug-likeness (QED) is 0.575. The van der Waals surface area contributed by atoms with Crippen LogP contribution in [0.2, 0.25) is 0 Å². The number of nitrogens with zero attached hydrogens (tertiary/aromatic N) is 3. The molecule has 3 rings (SSSR count). The Bertz CT molecular complexity index is 740. The van der Waals surface area contributed by atoms with Crippen LogP contribution in [0.1, 0.15) is 43.4 Å². The fourth-order valence-electron chi connectivity index (χ4n) is 3.97. The molecule has 1 aliphatic rings. The molecule has 0 atom stereocenters. The third kappa shape index (κ3) is 4.15. The van der Waals surface area contributed by atoms with Gasteiger partial charge in [0.1, 0.15) is 0 Å². The molecule has 138 valence electrons. The van der Waals surface area contributed by atoms with Gasteiger partial charge in [-0.2, -0.15) is 0 Å². The standard InChI is InChI=1S/C19H27N3O2.ClH/c1-20(2)13-8-14-21-16-10-6-4-3-5-9-15(16)19-17(21)11-7-12-18(19)22(23)24;/h7,11-12H,3-6,8-10,13-14H2,1-2H3;1H. The van der Waals surface area contributed by atoms with Crippen LogP contribution in [0.3, 0.4) is 0 Å². The number of nitro benzene ring substituents is 1. The fourth-order valence-corrected chi connectivity index (χ4v) is 3.97. The highest BCUT2D eigenvalue weighted by molar-refractivity contribution is 5.93. The van der Waals surface area contributed by atoms with E-state index >= 15 is 0 Å². The summed E-state index contributed by atoms with van der Waals surface area (Å²) in [4.78, 5) is 13.5. The van der Waals surface area contributed by atoms with Crippen LogP contribution in [0.25, 0.3) is 10.9 Å². The maximum atomic E-state index is 11.6. The minimum Gasteiger partial charge on any atom is -0.344 e. The molecule has 0 saturated heterocycles. The Hall–Kier alpha value is -1.59. The average Bonchev–Trinajstić information content (AvgIpc) is 2.79. The molecule has 1 aromatic carbocycles. The molecule has 0 saturated carbocycles. The smallest absolute Gasteiger partial charge is 0.279 e. The van der Waals surface area contributed by atoms with Crippen LogP contribution in [0, 0.1) is 10.1 Å². The Morgan fingerprint density at radius 2 is 1.88 bits per heavy atom. The number of hydrogen-bond donors (Lipinski definition) is 0. The number of nitro groups is 1. The van der Waals surface area contributed by atoms with Crippen molar-refractivity contribution in [2.24, 2.45) is 0 Å². The Balaban J connectivity index is 0.00000225. The van der Waals surface area contributed by atoms with Gasteiger partial charge in [0.25, 0.3) is 5.69 Å². The maximum absolute atomic E-state index is 11.6. The number of rotatable bonds is 5. The Kier molecular flexibility index (Phi) is 6.85. The first-order valence-corrected chi connectivity index (χ1v) is 9.01. The second-order valence-electron chi connectivity index (χ2n) is 7.08. The molecule has 1 aromatic heterocycles. The molecule has 6 heteroatoms. The van der Waals surface area contributed by atoms with E-state index in [1.807, 2.05) is 6.07 Å². The third-order valence-corrected chi connectivity index (χ3v) is 5.06. The van der Waals surface area contributed by atoms with Gasteiger partial charge < -0.3 is 9.47 Å². The lowest BCUT2D eigenvalue weighted by Crippen LogP contribution is -2.16. The first kappa shape index (κ1) is 19.7. The van der Waals surface area contributed by atoms with Gasteiger partial charge in [-0.1, -0.05) is 18.9 Å². The molecule has 0 aliphatic heterocycles. The van der Waals surface area contributed by atoms with E-state index in [0.29, 0.717) is 0 Å². The molecule has 0 fully saturated rings. The van der Waals surface area contributed by atoms with Crippen molar-refractivity contribution in [1.82, 2.24) is 9.47 Å². The normalized spacial score (nSPS) is 14.7. The highest BCUT2D eigenvalue weighted by atomic mass is 35.5. The summed E-state index contributed by atoms with van der Waals surface area (Å²) >= 11 is 0. The molecule has 1 aliphatic carbocycles. The molecular formula is C19H28ClN3O2. The Labute approximate surface area is 155 Å². The molecule has 0 spiro atoms. The number of non-ortho nitro benzene ring substituents is 1. The molecule has 25 heavy (non-hydrogen) atoms. The average molecular weight is 366 g/mol. The predicted molar refractivity (Wildman–Crippen MR) is 105 cm³/mol. The summed E-state index contributed by atoms with van der Waals surface area (Å²) in [5, 5.41) is 12.4. The molecule has 5 nitrogen and oxygen atoms in total. The zero-order valence-electron chi connectivity index (χ0n) is 15.2. The number of fused-ring (bicyclic) bond motifs is 3. The van der Waals surface area contributed by atoms with Crippen molar-refractivity contribution < 1.29 is 4.92 Å². The number of benzene rings is 1. The van der Waals surface area contributed by atoms with E-state index in [-0.39, 0.29) is 23.0 Å². The third-order valence-electron chi connectivity index (χ3n) is 5.06. The number of aryl methyl sites for hydroxylation is 2. The molecule has 0 unspecified atom stereocenters. The van der Waals surface area contributed by atoms with Crippen molar-refractivity contribution >= 4 is 29.0 Å². The summed E-state index contributed by atoms with van der Waals surface area (Å²) < 4.78 is 2.37. The van der Waals surface area contributed by atoms with Crippen LogP contribution in [0.15, 0.2) is 18.2 Å². The maximum Gasteiger partial charge on any atom is 0.279 e. The number of aromatic nitrogens is 1. The molecule has 0 amide bonds. The molecule has 2 aromatic rings. The van der Waals surface area contributed by atoms with E-state index < -0.39 is 0 Å². The zero-order chi connectivity index (χ0) is 17.1. The first-order chi connectivity index (χ1) is 11.6. The van der Waals surface area contributed by atoms with E-state index in [2.05, 4.69) is 29.6 Å². The van der Waals surface area contributed by atoms with Gasteiger partial charge in [0.2, 0.25) is 0 Å². The van der Waals surface area contributed by atoms with Gasteiger partial charge in [-0.3, -0.25) is 10.1 Å². The topological polar surface area (TPSA) is 51.3 Å². The van der Waals surface area contributed by atoms with Crippen molar-refractivity contribution in [2.75, 3.05) is 20.6 Å². The van der Waals surface area contributed by atoms with Crippen molar-refractivity contribution in [1.29, 1.82) is 0 Å². The minimum absolute atomic E-state index is 0. The second-order valence-corrected chi connectivity index (χ2v) is 7.08. The van der Waals surface area contributed by atoms with E-state index in [9.17, 15) is 10.1 Å². The lowest BCUT2D eigenvalue weighted by Gasteiger charge is -2.16. The van der Waals surface area contributed by atoms with Crippen LogP contribution in [0.4, 0.5) is 5.69 Å². The van der Waals surface area contributed by atoms with E-state index in [0.717, 1.165) is 49.7 Å². The Morgan fingerprint density at radius 1 is 1.16 bits per heavy atom. The second kappa shape index (κ2) is 8.68. The van der Waals surface area contributed by atoms with Crippen LogP contribution >= 0.6 is 12.4 Å². The SMILES string of the molecule is CN(C)CCCn1c2c(c3c([N+](=O)[O-])cccc31)CCCCCC2.Cl. The molecule has 0 bridgehead atoms. The van der Waals surface area contributed by atoms with Gasteiger partial charge in [-0.25, -0.2) is 0 Å². The molecule has 1 heterocycles. The molecule has 0 N–H and O–H groups in total. The number of halogens is 1. The fraction of sp³-hybridized carbons (Fsp3) is 0.579. The van der Waals surface area contributed by atoms with Crippen LogP contribution in [0.5, 0.6) is 0 Å². The van der Waals surface area contributed by atoms with E-state index in [1.165, 1.54) is 30.5 Å². The highest BCUT2D eigenvalue weighted by Gasteiger charge is 2.24. The van der Waals surface area contributed by atoms with Gasteiger partial charge >= 0.3 is 0 Å². The van der Waals surface area contributed by atoms with Gasteiger partial charge in [0.05, 0.1) is 15.8 Å². The van der Waals surface area contributed by atoms with Crippen molar-refractivity contribution in [3.05, 3.63) is 39.6 Å². The van der Waals surface area contributed by atoms with E-state index in [4.69, 9.17) is 0 Å². The summed E-state index contributed by atoms with van der Waals surface area (Å²) in [6.45, 7) is 1.97.